The van der Waals surface area contributed by atoms with Crippen LogP contribution in [0.25, 0.3) is 0 Å². The molecule has 0 aliphatic carbocycles. The minimum Gasteiger partial charge on any atom is -0.464 e. The zero-order chi connectivity index (χ0) is 13.5. The lowest BCUT2D eigenvalue weighted by Gasteiger charge is -2.23. The van der Waals surface area contributed by atoms with E-state index >= 15 is 0 Å². The quantitative estimate of drug-likeness (QED) is 0.623. The first kappa shape index (κ1) is 14.2. The van der Waals surface area contributed by atoms with Gasteiger partial charge in [-0.25, -0.2) is 4.79 Å². The van der Waals surface area contributed by atoms with Crippen LogP contribution in [0.4, 0.5) is 5.69 Å². The van der Waals surface area contributed by atoms with Crippen molar-refractivity contribution in [2.24, 2.45) is 5.73 Å². The van der Waals surface area contributed by atoms with Gasteiger partial charge in [0.05, 0.1) is 6.61 Å². The molecule has 1 unspecified atom stereocenters. The molecule has 2 N–H and O–H groups in total. The summed E-state index contributed by atoms with van der Waals surface area (Å²) in [5.74, 6) is -1.15. The molecule has 1 atom stereocenters. The van der Waals surface area contributed by atoms with E-state index in [0.717, 1.165) is 0 Å². The van der Waals surface area contributed by atoms with Gasteiger partial charge in [0.1, 0.15) is 0 Å². The lowest BCUT2D eigenvalue weighted by Crippen LogP contribution is -2.49. The van der Waals surface area contributed by atoms with E-state index in [9.17, 15) is 9.59 Å². The van der Waals surface area contributed by atoms with E-state index in [1.807, 2.05) is 25.1 Å². The molecule has 1 aromatic rings. The van der Waals surface area contributed by atoms with Gasteiger partial charge in [0.25, 0.3) is 5.91 Å². The summed E-state index contributed by atoms with van der Waals surface area (Å²) in [6.45, 7) is 4.14. The highest BCUT2D eigenvalue weighted by molar-refractivity contribution is 6.09. The molecule has 1 amide bonds. The number of hydrogen-bond acceptors (Lipinski definition) is 4. The van der Waals surface area contributed by atoms with Crippen molar-refractivity contribution in [2.45, 2.75) is 19.9 Å². The van der Waals surface area contributed by atoms with Crippen LogP contribution in [0.1, 0.15) is 13.8 Å². The molecule has 0 saturated carbocycles. The zero-order valence-electron chi connectivity index (χ0n) is 10.6. The summed E-state index contributed by atoms with van der Waals surface area (Å²) in [4.78, 5) is 25.0. The van der Waals surface area contributed by atoms with E-state index in [1.165, 1.54) is 4.90 Å². The molecule has 0 bridgehead atoms. The van der Waals surface area contributed by atoms with Gasteiger partial charge >= 0.3 is 5.97 Å². The van der Waals surface area contributed by atoms with Gasteiger partial charge in [-0.1, -0.05) is 18.2 Å². The van der Waals surface area contributed by atoms with Crippen LogP contribution >= 0.6 is 0 Å². The second-order valence-corrected chi connectivity index (χ2v) is 3.65. The number of rotatable bonds is 5. The van der Waals surface area contributed by atoms with Gasteiger partial charge in [0.2, 0.25) is 0 Å². The third-order valence-electron chi connectivity index (χ3n) is 2.46. The largest absolute Gasteiger partial charge is 0.464 e. The number of nitrogens with zero attached hydrogens (tertiary/aromatic N) is 1. The first-order valence-corrected chi connectivity index (χ1v) is 5.90. The van der Waals surface area contributed by atoms with E-state index in [2.05, 4.69) is 0 Å². The maximum Gasteiger partial charge on any atom is 0.332 e. The predicted molar refractivity (Wildman–Crippen MR) is 69.1 cm³/mol. The number of amides is 1. The van der Waals surface area contributed by atoms with Gasteiger partial charge in [0.15, 0.2) is 6.04 Å². The SMILES string of the molecule is CCOC(=O)C(N)C(=O)N(CC)c1ccccc1. The maximum atomic E-state index is 12.1. The fourth-order valence-electron chi connectivity index (χ4n) is 1.57. The Hall–Kier alpha value is -1.88. The molecule has 5 heteroatoms. The maximum absolute atomic E-state index is 12.1. The van der Waals surface area contributed by atoms with Crippen molar-refractivity contribution < 1.29 is 14.3 Å². The van der Waals surface area contributed by atoms with Crippen molar-refractivity contribution >= 4 is 17.6 Å². The second kappa shape index (κ2) is 6.76. The highest BCUT2D eigenvalue weighted by Gasteiger charge is 2.28. The van der Waals surface area contributed by atoms with Crippen LogP contribution in [-0.4, -0.2) is 31.1 Å². The molecule has 1 aromatic carbocycles. The summed E-state index contributed by atoms with van der Waals surface area (Å²) in [6, 6.07) is 7.80. The number of nitrogens with two attached hydrogens (primary N) is 1. The van der Waals surface area contributed by atoms with Crippen LogP contribution in [0.3, 0.4) is 0 Å². The summed E-state index contributed by atoms with van der Waals surface area (Å²) in [5, 5.41) is 0. The van der Waals surface area contributed by atoms with Gasteiger partial charge in [0, 0.05) is 12.2 Å². The highest BCUT2D eigenvalue weighted by Crippen LogP contribution is 2.14. The number of benzene rings is 1. The van der Waals surface area contributed by atoms with E-state index in [-0.39, 0.29) is 6.61 Å². The summed E-state index contributed by atoms with van der Waals surface area (Å²) >= 11 is 0. The molecule has 0 heterocycles. The molecule has 0 aromatic heterocycles. The average molecular weight is 250 g/mol. The summed E-state index contributed by atoms with van der Waals surface area (Å²) in [5.41, 5.74) is 6.31. The number of likely N-dealkylation sites (N-methyl/N-ethyl adjacent to an activating group) is 1. The van der Waals surface area contributed by atoms with Crippen LogP contribution in [0.2, 0.25) is 0 Å². The number of carbonyl (C=O) groups excluding carboxylic acids is 2. The Bertz CT molecular complexity index is 406. The first-order chi connectivity index (χ1) is 8.61. The van der Waals surface area contributed by atoms with E-state index in [0.29, 0.717) is 12.2 Å². The van der Waals surface area contributed by atoms with E-state index in [4.69, 9.17) is 10.5 Å². The van der Waals surface area contributed by atoms with Gasteiger partial charge in [-0.3, -0.25) is 4.79 Å². The van der Waals surface area contributed by atoms with Gasteiger partial charge < -0.3 is 15.4 Å². The number of hydrogen-bond donors (Lipinski definition) is 1. The standard InChI is InChI=1S/C13H18N2O3/c1-3-15(10-8-6-5-7-9-10)12(16)11(14)13(17)18-4-2/h5-9,11H,3-4,14H2,1-2H3. The van der Waals surface area contributed by atoms with Crippen LogP contribution in [-0.2, 0) is 14.3 Å². The molecule has 5 nitrogen and oxygen atoms in total. The van der Waals surface area contributed by atoms with E-state index < -0.39 is 17.9 Å². The summed E-state index contributed by atoms with van der Waals surface area (Å²) in [7, 11) is 0. The Kier molecular flexibility index (Phi) is 5.32. The predicted octanol–water partition coefficient (Wildman–Crippen LogP) is 0.930. The van der Waals surface area contributed by atoms with Crippen molar-refractivity contribution in [3.8, 4) is 0 Å². The first-order valence-electron chi connectivity index (χ1n) is 5.90. The Morgan fingerprint density at radius 2 is 1.89 bits per heavy atom. The molecule has 0 radical (unpaired) electrons. The third-order valence-corrected chi connectivity index (χ3v) is 2.46. The molecule has 18 heavy (non-hydrogen) atoms. The van der Waals surface area contributed by atoms with E-state index in [1.54, 1.807) is 19.1 Å². The Morgan fingerprint density at radius 1 is 1.28 bits per heavy atom. The van der Waals surface area contributed by atoms with Gasteiger partial charge in [-0.2, -0.15) is 0 Å². The van der Waals surface area contributed by atoms with Crippen LogP contribution in [0.15, 0.2) is 30.3 Å². The van der Waals surface area contributed by atoms with Crippen molar-refractivity contribution in [3.63, 3.8) is 0 Å². The summed E-state index contributed by atoms with van der Waals surface area (Å²) < 4.78 is 4.74. The zero-order valence-corrected chi connectivity index (χ0v) is 10.6. The Balaban J connectivity index is 2.83. The number of anilines is 1. The lowest BCUT2D eigenvalue weighted by molar-refractivity contribution is -0.147. The Morgan fingerprint density at radius 3 is 2.39 bits per heavy atom. The highest BCUT2D eigenvalue weighted by atomic mass is 16.5. The number of carbonyl (C=O) groups is 2. The average Bonchev–Trinajstić information content (AvgIpc) is 2.40. The Labute approximate surface area is 107 Å². The number of ether oxygens (including phenoxy) is 1. The summed E-state index contributed by atoms with van der Waals surface area (Å²) in [6.07, 6.45) is 0. The van der Waals surface area contributed by atoms with Crippen molar-refractivity contribution in [3.05, 3.63) is 30.3 Å². The molecule has 1 rings (SSSR count). The minimum absolute atomic E-state index is 0.206. The fraction of sp³-hybridized carbons (Fsp3) is 0.385. The molecule has 0 saturated heterocycles. The fourth-order valence-corrected chi connectivity index (χ4v) is 1.57. The second-order valence-electron chi connectivity index (χ2n) is 3.65. The molecule has 0 fully saturated rings. The lowest BCUT2D eigenvalue weighted by atomic mass is 10.2. The number of para-hydroxylation sites is 1. The van der Waals surface area contributed by atoms with Crippen molar-refractivity contribution in [1.82, 2.24) is 0 Å². The molecule has 0 spiro atoms. The normalized spacial score (nSPS) is 11.7. The minimum atomic E-state index is -1.27. The number of esters is 1. The van der Waals surface area contributed by atoms with Gasteiger partial charge in [-0.15, -0.1) is 0 Å². The molecule has 0 aliphatic rings. The molecule has 0 aliphatic heterocycles. The van der Waals surface area contributed by atoms with Crippen LogP contribution in [0.5, 0.6) is 0 Å². The van der Waals surface area contributed by atoms with Crippen LogP contribution in [0, 0.1) is 0 Å². The van der Waals surface area contributed by atoms with Crippen molar-refractivity contribution in [2.75, 3.05) is 18.1 Å². The topological polar surface area (TPSA) is 72.6 Å². The van der Waals surface area contributed by atoms with Crippen molar-refractivity contribution in [1.29, 1.82) is 0 Å². The van der Waals surface area contributed by atoms with Gasteiger partial charge in [-0.05, 0) is 26.0 Å². The molecular formula is C13H18N2O3. The monoisotopic (exact) mass is 250 g/mol. The van der Waals surface area contributed by atoms with Crippen LogP contribution < -0.4 is 10.6 Å². The smallest absolute Gasteiger partial charge is 0.332 e. The molecular weight excluding hydrogens is 232 g/mol. The molecule has 98 valence electrons. The third kappa shape index (κ3) is 3.30.